The van der Waals surface area contributed by atoms with E-state index in [9.17, 15) is 14.7 Å². The number of halogens is 1. The molecule has 5 nitrogen and oxygen atoms in total. The van der Waals surface area contributed by atoms with Crippen molar-refractivity contribution < 1.29 is 24.5 Å². The number of carboxylic acids is 1. The highest BCUT2D eigenvalue weighted by molar-refractivity contribution is 6.33. The molecule has 104 valence electrons. The molecule has 2 atom stereocenters. The van der Waals surface area contributed by atoms with E-state index < -0.39 is 23.2 Å². The number of ether oxygens (including phenoxy) is 1. The summed E-state index contributed by atoms with van der Waals surface area (Å²) in [5, 5.41) is 17.6. The number of aliphatic hydroxyl groups is 1. The molecule has 0 aromatic heterocycles. The zero-order chi connectivity index (χ0) is 14.6. The van der Waals surface area contributed by atoms with E-state index in [0.29, 0.717) is 12.4 Å². The highest BCUT2D eigenvalue weighted by Gasteiger charge is 2.25. The van der Waals surface area contributed by atoms with Crippen LogP contribution >= 0.6 is 11.6 Å². The van der Waals surface area contributed by atoms with Crippen molar-refractivity contribution in [2.45, 2.75) is 25.3 Å². The van der Waals surface area contributed by atoms with E-state index in [1.807, 2.05) is 0 Å². The number of Topliss-reactive ketones (excluding diaryl/α,β-unsaturated/α-hetero) is 1. The third-order valence-corrected chi connectivity index (χ3v) is 2.69. The monoisotopic (exact) mass is 286 g/mol. The Morgan fingerprint density at radius 2 is 2.05 bits per heavy atom. The van der Waals surface area contributed by atoms with E-state index in [1.54, 1.807) is 6.92 Å². The SMILES string of the molecule is CCOc1ccc(C(O)C(=O)O)c(C(=O)C(C)Cl)c1. The number of carbonyl (C=O) groups excluding carboxylic acids is 1. The first kappa shape index (κ1) is 15.5. The summed E-state index contributed by atoms with van der Waals surface area (Å²) in [6.07, 6.45) is -1.77. The van der Waals surface area contributed by atoms with Crippen molar-refractivity contribution in [3.63, 3.8) is 0 Å². The summed E-state index contributed by atoms with van der Waals surface area (Å²) < 4.78 is 5.25. The number of carbonyl (C=O) groups is 2. The third kappa shape index (κ3) is 3.68. The summed E-state index contributed by atoms with van der Waals surface area (Å²) in [4.78, 5) is 22.8. The molecule has 1 rings (SSSR count). The summed E-state index contributed by atoms with van der Waals surface area (Å²) in [5.74, 6) is -1.47. The van der Waals surface area contributed by atoms with Crippen LogP contribution in [-0.4, -0.2) is 33.9 Å². The van der Waals surface area contributed by atoms with Crippen LogP contribution < -0.4 is 4.74 Å². The van der Waals surface area contributed by atoms with Crippen LogP contribution in [0.1, 0.15) is 35.9 Å². The van der Waals surface area contributed by atoms with Crippen LogP contribution in [-0.2, 0) is 4.79 Å². The molecule has 2 unspecified atom stereocenters. The molecule has 0 saturated carbocycles. The number of carboxylic acid groups (broad SMARTS) is 1. The van der Waals surface area contributed by atoms with Crippen LogP contribution in [0.2, 0.25) is 0 Å². The van der Waals surface area contributed by atoms with Crippen molar-refractivity contribution in [2.75, 3.05) is 6.61 Å². The van der Waals surface area contributed by atoms with Crippen LogP contribution in [0.5, 0.6) is 5.75 Å². The highest BCUT2D eigenvalue weighted by atomic mass is 35.5. The maximum absolute atomic E-state index is 12.0. The Morgan fingerprint density at radius 3 is 2.53 bits per heavy atom. The van der Waals surface area contributed by atoms with Crippen LogP contribution in [0.3, 0.4) is 0 Å². The lowest BCUT2D eigenvalue weighted by Crippen LogP contribution is -2.19. The molecule has 19 heavy (non-hydrogen) atoms. The molecular weight excluding hydrogens is 272 g/mol. The molecule has 1 aromatic rings. The standard InChI is InChI=1S/C13H15ClO5/c1-3-19-8-4-5-9(12(16)13(17)18)10(6-8)11(15)7(2)14/h4-7,12,16H,3H2,1-2H3,(H,17,18). The fourth-order valence-electron chi connectivity index (χ4n) is 1.59. The van der Waals surface area contributed by atoms with Crippen LogP contribution in [0.15, 0.2) is 18.2 Å². The first-order valence-corrected chi connectivity index (χ1v) is 6.18. The van der Waals surface area contributed by atoms with Crippen molar-refractivity contribution in [2.24, 2.45) is 0 Å². The Morgan fingerprint density at radius 1 is 1.42 bits per heavy atom. The molecule has 0 radical (unpaired) electrons. The van der Waals surface area contributed by atoms with Crippen molar-refractivity contribution in [1.29, 1.82) is 0 Å². The average molecular weight is 287 g/mol. The number of ketones is 1. The second kappa shape index (κ2) is 6.54. The molecule has 2 N–H and O–H groups in total. The predicted molar refractivity (Wildman–Crippen MR) is 69.9 cm³/mol. The number of alkyl halides is 1. The van der Waals surface area contributed by atoms with E-state index in [2.05, 4.69) is 0 Å². The number of rotatable bonds is 6. The normalized spacial score (nSPS) is 13.7. The van der Waals surface area contributed by atoms with E-state index in [4.69, 9.17) is 21.4 Å². The van der Waals surface area contributed by atoms with Gasteiger partial charge in [-0.3, -0.25) is 4.79 Å². The minimum Gasteiger partial charge on any atom is -0.494 e. The van der Waals surface area contributed by atoms with Gasteiger partial charge >= 0.3 is 5.97 Å². The Hall–Kier alpha value is -1.59. The largest absolute Gasteiger partial charge is 0.494 e. The molecule has 0 saturated heterocycles. The summed E-state index contributed by atoms with van der Waals surface area (Å²) in [6, 6.07) is 4.25. The molecule has 6 heteroatoms. The first-order valence-electron chi connectivity index (χ1n) is 5.74. The van der Waals surface area contributed by atoms with Gasteiger partial charge in [0.25, 0.3) is 0 Å². The molecule has 0 aliphatic heterocycles. The number of aliphatic carboxylic acids is 1. The van der Waals surface area contributed by atoms with Gasteiger partial charge < -0.3 is 14.9 Å². The minimum absolute atomic E-state index is 0.00783. The summed E-state index contributed by atoms with van der Waals surface area (Å²) in [5.41, 5.74) is 0.0665. The molecule has 0 heterocycles. The number of hydrogen-bond donors (Lipinski definition) is 2. The summed E-state index contributed by atoms with van der Waals surface area (Å²) in [6.45, 7) is 3.67. The molecule has 0 amide bonds. The zero-order valence-electron chi connectivity index (χ0n) is 10.6. The second-order valence-corrected chi connectivity index (χ2v) is 4.56. The number of benzene rings is 1. The highest BCUT2D eigenvalue weighted by Crippen LogP contribution is 2.25. The first-order chi connectivity index (χ1) is 8.88. The lowest BCUT2D eigenvalue weighted by molar-refractivity contribution is -0.146. The molecular formula is C13H15ClO5. The maximum Gasteiger partial charge on any atom is 0.337 e. The number of aliphatic hydroxyl groups excluding tert-OH is 1. The lowest BCUT2D eigenvalue weighted by Gasteiger charge is -2.14. The fourth-order valence-corrected chi connectivity index (χ4v) is 1.71. The van der Waals surface area contributed by atoms with Crippen molar-refractivity contribution in [3.05, 3.63) is 29.3 Å². The van der Waals surface area contributed by atoms with Gasteiger partial charge in [0, 0.05) is 11.1 Å². The minimum atomic E-state index is -1.77. The predicted octanol–water partition coefficient (Wildman–Crippen LogP) is 2.01. The van der Waals surface area contributed by atoms with Gasteiger partial charge in [-0.15, -0.1) is 11.6 Å². The quantitative estimate of drug-likeness (QED) is 0.617. The Balaban J connectivity index is 3.30. The molecule has 0 aliphatic carbocycles. The molecule has 1 aromatic carbocycles. The van der Waals surface area contributed by atoms with Crippen LogP contribution in [0.4, 0.5) is 0 Å². The average Bonchev–Trinajstić information content (AvgIpc) is 2.37. The van der Waals surface area contributed by atoms with Crippen LogP contribution in [0, 0.1) is 0 Å². The van der Waals surface area contributed by atoms with E-state index in [0.717, 1.165) is 0 Å². The number of hydrogen-bond acceptors (Lipinski definition) is 4. The lowest BCUT2D eigenvalue weighted by atomic mass is 9.97. The summed E-state index contributed by atoms with van der Waals surface area (Å²) >= 11 is 5.73. The van der Waals surface area contributed by atoms with Gasteiger partial charge in [0.15, 0.2) is 11.9 Å². The topological polar surface area (TPSA) is 83.8 Å². The van der Waals surface area contributed by atoms with Crippen molar-refractivity contribution in [1.82, 2.24) is 0 Å². The fraction of sp³-hybridized carbons (Fsp3) is 0.385. The Labute approximate surface area is 115 Å². The summed E-state index contributed by atoms with van der Waals surface area (Å²) in [7, 11) is 0. The van der Waals surface area contributed by atoms with E-state index in [1.165, 1.54) is 25.1 Å². The maximum atomic E-state index is 12.0. The third-order valence-electron chi connectivity index (χ3n) is 2.49. The zero-order valence-corrected chi connectivity index (χ0v) is 11.3. The van der Waals surface area contributed by atoms with Gasteiger partial charge in [-0.05, 0) is 26.0 Å². The van der Waals surface area contributed by atoms with Gasteiger partial charge in [0.2, 0.25) is 0 Å². The van der Waals surface area contributed by atoms with Gasteiger partial charge in [0.1, 0.15) is 5.75 Å². The molecule has 0 fully saturated rings. The van der Waals surface area contributed by atoms with Crippen molar-refractivity contribution >= 4 is 23.4 Å². The van der Waals surface area contributed by atoms with E-state index in [-0.39, 0.29) is 11.1 Å². The Bertz CT molecular complexity index is 484. The molecule has 0 aliphatic rings. The van der Waals surface area contributed by atoms with Crippen molar-refractivity contribution in [3.8, 4) is 5.75 Å². The second-order valence-electron chi connectivity index (χ2n) is 3.90. The van der Waals surface area contributed by atoms with Gasteiger partial charge in [0.05, 0.1) is 12.0 Å². The molecule has 0 bridgehead atoms. The van der Waals surface area contributed by atoms with E-state index >= 15 is 0 Å². The van der Waals surface area contributed by atoms with Gasteiger partial charge in [-0.1, -0.05) is 6.07 Å². The molecule has 0 spiro atoms. The van der Waals surface area contributed by atoms with Gasteiger partial charge in [-0.25, -0.2) is 4.79 Å². The smallest absolute Gasteiger partial charge is 0.337 e. The van der Waals surface area contributed by atoms with Gasteiger partial charge in [-0.2, -0.15) is 0 Å². The van der Waals surface area contributed by atoms with Crippen LogP contribution in [0.25, 0.3) is 0 Å². The Kier molecular flexibility index (Phi) is 5.32.